The molecule has 106 valence electrons. The minimum absolute atomic E-state index is 0.0237. The van der Waals surface area contributed by atoms with Crippen LogP contribution in [-0.2, 0) is 0 Å². The Kier molecular flexibility index (Phi) is 3.48. The zero-order valence-corrected chi connectivity index (χ0v) is 12.1. The van der Waals surface area contributed by atoms with Gasteiger partial charge in [-0.25, -0.2) is 0 Å². The zero-order valence-electron chi connectivity index (χ0n) is 12.1. The monoisotopic (exact) mass is 280 g/mol. The first-order chi connectivity index (χ1) is 10.1. The largest absolute Gasteiger partial charge is 0.485 e. The quantitative estimate of drug-likeness (QED) is 0.668. The molecule has 1 heterocycles. The van der Waals surface area contributed by atoms with Crippen LogP contribution in [0, 0.1) is 13.8 Å². The van der Waals surface area contributed by atoms with Gasteiger partial charge in [-0.1, -0.05) is 30.3 Å². The van der Waals surface area contributed by atoms with Crippen LogP contribution in [0.1, 0.15) is 21.7 Å². The summed E-state index contributed by atoms with van der Waals surface area (Å²) in [5.41, 5.74) is 2.91. The van der Waals surface area contributed by atoms with Gasteiger partial charge in [0, 0.05) is 5.39 Å². The summed E-state index contributed by atoms with van der Waals surface area (Å²) in [5.74, 6) is 0.910. The van der Waals surface area contributed by atoms with Crippen molar-refractivity contribution in [3.05, 3.63) is 65.4 Å². The van der Waals surface area contributed by atoms with E-state index in [0.717, 1.165) is 22.3 Å². The number of para-hydroxylation sites is 1. The van der Waals surface area contributed by atoms with Crippen LogP contribution < -0.4 is 4.74 Å². The predicted octanol–water partition coefficient (Wildman–Crippen LogP) is 4.31. The first-order valence-electron chi connectivity index (χ1n) is 6.86. The smallest absolute Gasteiger partial charge is 0.235 e. The van der Waals surface area contributed by atoms with E-state index in [1.165, 1.54) is 0 Å². The molecule has 2 aromatic carbocycles. The lowest BCUT2D eigenvalue weighted by molar-refractivity contribution is 0.0895. The van der Waals surface area contributed by atoms with E-state index in [0.29, 0.717) is 11.3 Å². The molecule has 0 aliphatic carbocycles. The van der Waals surface area contributed by atoms with Gasteiger partial charge < -0.3 is 9.15 Å². The average molecular weight is 280 g/mol. The summed E-state index contributed by atoms with van der Waals surface area (Å²) < 4.78 is 11.2. The molecular weight excluding hydrogens is 264 g/mol. The van der Waals surface area contributed by atoms with Gasteiger partial charge in [0.25, 0.3) is 0 Å². The molecular formula is C18H16O3. The van der Waals surface area contributed by atoms with Crippen molar-refractivity contribution < 1.29 is 13.9 Å². The van der Waals surface area contributed by atoms with Gasteiger partial charge in [-0.15, -0.1) is 0 Å². The van der Waals surface area contributed by atoms with E-state index in [1.807, 2.05) is 56.3 Å². The van der Waals surface area contributed by atoms with E-state index in [-0.39, 0.29) is 12.4 Å². The first kappa shape index (κ1) is 13.4. The van der Waals surface area contributed by atoms with Crippen LogP contribution >= 0.6 is 0 Å². The van der Waals surface area contributed by atoms with Gasteiger partial charge in [0.1, 0.15) is 11.3 Å². The van der Waals surface area contributed by atoms with Crippen molar-refractivity contribution in [2.24, 2.45) is 0 Å². The second-order valence-electron chi connectivity index (χ2n) is 5.06. The number of hydrogen-bond acceptors (Lipinski definition) is 3. The highest BCUT2D eigenvalue weighted by Crippen LogP contribution is 2.22. The number of furan rings is 1. The second kappa shape index (κ2) is 5.44. The highest BCUT2D eigenvalue weighted by Gasteiger charge is 2.13. The Morgan fingerprint density at radius 2 is 1.90 bits per heavy atom. The fourth-order valence-electron chi connectivity index (χ4n) is 2.21. The summed E-state index contributed by atoms with van der Waals surface area (Å²) in [7, 11) is 0. The summed E-state index contributed by atoms with van der Waals surface area (Å²) in [5, 5.41) is 0.924. The number of ketones is 1. The molecule has 0 amide bonds. The van der Waals surface area contributed by atoms with Crippen LogP contribution in [0.15, 0.2) is 52.9 Å². The average Bonchev–Trinajstić information content (AvgIpc) is 2.92. The third kappa shape index (κ3) is 2.68. The molecule has 0 N–H and O–H groups in total. The number of rotatable bonds is 4. The lowest BCUT2D eigenvalue weighted by atomic mass is 10.1. The van der Waals surface area contributed by atoms with Crippen molar-refractivity contribution >= 4 is 16.8 Å². The maximum Gasteiger partial charge on any atom is 0.235 e. The lowest BCUT2D eigenvalue weighted by Crippen LogP contribution is -2.11. The van der Waals surface area contributed by atoms with Gasteiger partial charge in [0.2, 0.25) is 5.78 Å². The molecule has 0 aliphatic rings. The van der Waals surface area contributed by atoms with Crippen molar-refractivity contribution in [2.45, 2.75) is 13.8 Å². The number of benzene rings is 2. The van der Waals surface area contributed by atoms with Crippen molar-refractivity contribution in [2.75, 3.05) is 6.61 Å². The molecule has 3 rings (SSSR count). The van der Waals surface area contributed by atoms with Crippen LogP contribution in [-0.4, -0.2) is 12.4 Å². The van der Waals surface area contributed by atoms with Crippen LogP contribution in [0.5, 0.6) is 5.75 Å². The molecule has 0 saturated carbocycles. The standard InChI is InChI=1S/C18H16O3/c1-12-6-5-9-16(13(12)2)20-11-15(19)18-10-14-7-3-4-8-17(14)21-18/h3-10H,11H2,1-2H3. The van der Waals surface area contributed by atoms with E-state index in [4.69, 9.17) is 9.15 Å². The minimum atomic E-state index is -0.160. The number of Topliss-reactive ketones (excluding diaryl/α,β-unsaturated/α-hetero) is 1. The lowest BCUT2D eigenvalue weighted by Gasteiger charge is -2.09. The molecule has 3 heteroatoms. The van der Waals surface area contributed by atoms with Crippen molar-refractivity contribution in [3.8, 4) is 5.75 Å². The van der Waals surface area contributed by atoms with E-state index >= 15 is 0 Å². The maximum atomic E-state index is 12.2. The van der Waals surface area contributed by atoms with E-state index in [1.54, 1.807) is 6.07 Å². The number of fused-ring (bicyclic) bond motifs is 1. The summed E-state index contributed by atoms with van der Waals surface area (Å²) >= 11 is 0. The van der Waals surface area contributed by atoms with E-state index < -0.39 is 0 Å². The van der Waals surface area contributed by atoms with Crippen LogP contribution in [0.3, 0.4) is 0 Å². The number of ether oxygens (including phenoxy) is 1. The Morgan fingerprint density at radius 3 is 2.71 bits per heavy atom. The van der Waals surface area contributed by atoms with Crippen molar-refractivity contribution in [1.29, 1.82) is 0 Å². The molecule has 0 radical (unpaired) electrons. The first-order valence-corrected chi connectivity index (χ1v) is 6.86. The Balaban J connectivity index is 1.76. The number of hydrogen-bond donors (Lipinski definition) is 0. The molecule has 21 heavy (non-hydrogen) atoms. The molecule has 0 fully saturated rings. The topological polar surface area (TPSA) is 39.4 Å². The highest BCUT2D eigenvalue weighted by molar-refractivity contribution is 5.98. The molecule has 3 aromatic rings. The third-order valence-corrected chi connectivity index (χ3v) is 3.61. The SMILES string of the molecule is Cc1cccc(OCC(=O)c2cc3ccccc3o2)c1C. The van der Waals surface area contributed by atoms with Crippen molar-refractivity contribution in [3.63, 3.8) is 0 Å². The molecule has 0 spiro atoms. The van der Waals surface area contributed by atoms with Crippen molar-refractivity contribution in [1.82, 2.24) is 0 Å². The molecule has 0 bridgehead atoms. The van der Waals surface area contributed by atoms with Crippen LogP contribution in [0.2, 0.25) is 0 Å². The van der Waals surface area contributed by atoms with Gasteiger partial charge >= 0.3 is 0 Å². The Bertz CT molecular complexity index is 766. The van der Waals surface area contributed by atoms with Crippen LogP contribution in [0.4, 0.5) is 0 Å². The zero-order chi connectivity index (χ0) is 14.8. The van der Waals surface area contributed by atoms with Crippen LogP contribution in [0.25, 0.3) is 11.0 Å². The molecule has 0 saturated heterocycles. The van der Waals surface area contributed by atoms with Gasteiger partial charge in [-0.05, 0) is 43.2 Å². The predicted molar refractivity (Wildman–Crippen MR) is 82.0 cm³/mol. The fraction of sp³-hybridized carbons (Fsp3) is 0.167. The second-order valence-corrected chi connectivity index (χ2v) is 5.06. The fourth-order valence-corrected chi connectivity index (χ4v) is 2.21. The summed E-state index contributed by atoms with van der Waals surface area (Å²) in [4.78, 5) is 12.2. The number of aryl methyl sites for hydroxylation is 1. The van der Waals surface area contributed by atoms with E-state index in [2.05, 4.69) is 0 Å². The van der Waals surface area contributed by atoms with Gasteiger partial charge in [-0.2, -0.15) is 0 Å². The minimum Gasteiger partial charge on any atom is -0.485 e. The summed E-state index contributed by atoms with van der Waals surface area (Å²) in [6, 6.07) is 15.1. The maximum absolute atomic E-state index is 12.2. The molecule has 0 aliphatic heterocycles. The molecule has 0 atom stereocenters. The third-order valence-electron chi connectivity index (χ3n) is 3.61. The number of carbonyl (C=O) groups excluding carboxylic acids is 1. The highest BCUT2D eigenvalue weighted by atomic mass is 16.5. The molecule has 3 nitrogen and oxygen atoms in total. The molecule has 0 unspecified atom stereocenters. The van der Waals surface area contributed by atoms with Gasteiger partial charge in [0.15, 0.2) is 12.4 Å². The Labute approximate surface area is 123 Å². The summed E-state index contributed by atoms with van der Waals surface area (Å²) in [6.45, 7) is 3.98. The van der Waals surface area contributed by atoms with Gasteiger partial charge in [-0.3, -0.25) is 4.79 Å². The van der Waals surface area contributed by atoms with Gasteiger partial charge in [0.05, 0.1) is 0 Å². The number of carbonyl (C=O) groups is 1. The van der Waals surface area contributed by atoms with E-state index in [9.17, 15) is 4.79 Å². The summed E-state index contributed by atoms with van der Waals surface area (Å²) in [6.07, 6.45) is 0. The Morgan fingerprint density at radius 1 is 1.10 bits per heavy atom. The molecule has 1 aromatic heterocycles. The normalized spacial score (nSPS) is 10.8. The Hall–Kier alpha value is -2.55.